The number of aromatic nitrogens is 1. The number of benzene rings is 2. The van der Waals surface area contributed by atoms with Crippen molar-refractivity contribution in [1.82, 2.24) is 4.98 Å². The minimum Gasteiger partial charge on any atom is -0.490 e. The molecule has 162 valence electrons. The van der Waals surface area contributed by atoms with Gasteiger partial charge in [0.25, 0.3) is 5.91 Å². The summed E-state index contributed by atoms with van der Waals surface area (Å²) >= 11 is 4.99. The molecule has 1 amide bonds. The third-order valence-corrected chi connectivity index (χ3v) is 5.55. The monoisotopic (exact) mass is 502 g/mol. The number of halogens is 1. The number of nitrogens with zero attached hydrogens (tertiary/aromatic N) is 2. The Balaban J connectivity index is 1.68. The van der Waals surface area contributed by atoms with Crippen LogP contribution >= 0.6 is 27.3 Å². The van der Waals surface area contributed by atoms with Crippen LogP contribution in [0.15, 0.2) is 51.4 Å². The quantitative estimate of drug-likeness (QED) is 0.302. The van der Waals surface area contributed by atoms with Gasteiger partial charge in [0.15, 0.2) is 18.1 Å². The van der Waals surface area contributed by atoms with Gasteiger partial charge < -0.3 is 14.8 Å². The van der Waals surface area contributed by atoms with Crippen molar-refractivity contribution in [3.8, 4) is 11.5 Å². The predicted molar refractivity (Wildman–Crippen MR) is 129 cm³/mol. The van der Waals surface area contributed by atoms with Gasteiger partial charge in [-0.1, -0.05) is 18.2 Å². The Morgan fingerprint density at radius 3 is 2.77 bits per heavy atom. The molecule has 0 aliphatic heterocycles. The second-order valence-electron chi connectivity index (χ2n) is 6.58. The second kappa shape index (κ2) is 10.9. The number of anilines is 2. The maximum atomic E-state index is 12.3. The highest BCUT2D eigenvalue weighted by molar-refractivity contribution is 9.10. The van der Waals surface area contributed by atoms with Crippen LogP contribution in [0.2, 0.25) is 0 Å². The Morgan fingerprint density at radius 1 is 1.26 bits per heavy atom. The number of aryl methyl sites for hydroxylation is 2. The number of carbonyl (C=O) groups excluding carboxylic acids is 1. The van der Waals surface area contributed by atoms with Crippen LogP contribution in [0.25, 0.3) is 0 Å². The zero-order valence-electron chi connectivity index (χ0n) is 17.4. The average molecular weight is 503 g/mol. The number of thiazole rings is 1. The summed E-state index contributed by atoms with van der Waals surface area (Å²) in [6.07, 6.45) is 1.67. The first kappa shape index (κ1) is 22.8. The Hall–Kier alpha value is -2.91. The van der Waals surface area contributed by atoms with E-state index in [2.05, 4.69) is 36.8 Å². The van der Waals surface area contributed by atoms with Crippen LogP contribution in [0.1, 0.15) is 23.7 Å². The average Bonchev–Trinajstić information content (AvgIpc) is 3.14. The number of para-hydroxylation sites is 1. The molecule has 3 aromatic rings. The van der Waals surface area contributed by atoms with E-state index in [4.69, 9.17) is 9.47 Å². The summed E-state index contributed by atoms with van der Waals surface area (Å²) in [5.74, 6) is 0.728. The van der Waals surface area contributed by atoms with Crippen LogP contribution in [0.4, 0.5) is 10.8 Å². The Labute approximate surface area is 193 Å². The SMILES string of the molecule is CCOc1cc(C=NNc2nc(C)cs2)cc(Br)c1OCC(=O)Nc1ccccc1C. The van der Waals surface area contributed by atoms with Gasteiger partial charge in [-0.3, -0.25) is 10.2 Å². The van der Waals surface area contributed by atoms with Crippen molar-refractivity contribution in [2.24, 2.45) is 5.10 Å². The van der Waals surface area contributed by atoms with Crippen molar-refractivity contribution in [2.75, 3.05) is 24.0 Å². The molecule has 0 saturated heterocycles. The van der Waals surface area contributed by atoms with Gasteiger partial charge in [-0.05, 0) is 66.0 Å². The summed E-state index contributed by atoms with van der Waals surface area (Å²) in [5.41, 5.74) is 6.39. The number of nitrogens with one attached hydrogen (secondary N) is 2. The summed E-state index contributed by atoms with van der Waals surface area (Å²) in [7, 11) is 0. The molecule has 7 nitrogen and oxygen atoms in total. The minimum absolute atomic E-state index is 0.147. The number of hydrogen-bond acceptors (Lipinski definition) is 7. The molecule has 0 spiro atoms. The molecule has 0 saturated carbocycles. The predicted octanol–water partition coefficient (Wildman–Crippen LogP) is 5.38. The van der Waals surface area contributed by atoms with Crippen LogP contribution in [0, 0.1) is 13.8 Å². The van der Waals surface area contributed by atoms with E-state index in [1.807, 2.05) is 56.5 Å². The summed E-state index contributed by atoms with van der Waals surface area (Å²) < 4.78 is 12.2. The fourth-order valence-electron chi connectivity index (χ4n) is 2.67. The van der Waals surface area contributed by atoms with E-state index in [0.717, 1.165) is 27.6 Å². The normalized spacial score (nSPS) is 10.8. The lowest BCUT2D eigenvalue weighted by Gasteiger charge is -2.15. The first-order chi connectivity index (χ1) is 15.0. The highest BCUT2D eigenvalue weighted by Crippen LogP contribution is 2.36. The zero-order valence-corrected chi connectivity index (χ0v) is 19.8. The van der Waals surface area contributed by atoms with E-state index in [9.17, 15) is 4.79 Å². The van der Waals surface area contributed by atoms with E-state index in [-0.39, 0.29) is 12.5 Å². The first-order valence-electron chi connectivity index (χ1n) is 9.62. The molecule has 0 fully saturated rings. The molecule has 2 N–H and O–H groups in total. The van der Waals surface area contributed by atoms with Gasteiger partial charge in [-0.2, -0.15) is 5.10 Å². The van der Waals surface area contributed by atoms with Crippen LogP contribution < -0.4 is 20.2 Å². The molecular weight excluding hydrogens is 480 g/mol. The van der Waals surface area contributed by atoms with Crippen LogP contribution in [-0.2, 0) is 4.79 Å². The summed E-state index contributed by atoms with van der Waals surface area (Å²) in [6, 6.07) is 11.2. The lowest BCUT2D eigenvalue weighted by atomic mass is 10.2. The molecule has 31 heavy (non-hydrogen) atoms. The maximum Gasteiger partial charge on any atom is 0.262 e. The fourth-order valence-corrected chi connectivity index (χ4v) is 3.88. The van der Waals surface area contributed by atoms with Gasteiger partial charge in [0, 0.05) is 11.1 Å². The fraction of sp³-hybridized carbons (Fsp3) is 0.227. The standard InChI is InChI=1S/C22H23BrN4O3S/c1-4-29-19-10-16(11-24-27-22-25-15(3)13-31-22)9-17(23)21(19)30-12-20(28)26-18-8-6-5-7-14(18)2/h5-11,13H,4,12H2,1-3H3,(H,25,27)(H,26,28). The van der Waals surface area contributed by atoms with Gasteiger partial charge in [0.1, 0.15) is 0 Å². The van der Waals surface area contributed by atoms with Crippen LogP contribution in [0.5, 0.6) is 11.5 Å². The third kappa shape index (κ3) is 6.53. The second-order valence-corrected chi connectivity index (χ2v) is 8.29. The molecule has 0 bridgehead atoms. The summed E-state index contributed by atoms with van der Waals surface area (Å²) in [4.78, 5) is 16.6. The van der Waals surface area contributed by atoms with E-state index >= 15 is 0 Å². The Bertz CT molecular complexity index is 1080. The van der Waals surface area contributed by atoms with Gasteiger partial charge in [0.2, 0.25) is 5.13 Å². The van der Waals surface area contributed by atoms with Gasteiger partial charge in [-0.25, -0.2) is 4.98 Å². The molecule has 0 aliphatic rings. The van der Waals surface area contributed by atoms with E-state index in [0.29, 0.717) is 22.6 Å². The highest BCUT2D eigenvalue weighted by atomic mass is 79.9. The Morgan fingerprint density at radius 2 is 2.06 bits per heavy atom. The molecule has 3 rings (SSSR count). The summed E-state index contributed by atoms with van der Waals surface area (Å²) in [6.45, 7) is 6.05. The van der Waals surface area contributed by atoms with E-state index in [1.54, 1.807) is 12.3 Å². The Kier molecular flexibility index (Phi) is 8.02. The molecular formula is C22H23BrN4O3S. The van der Waals surface area contributed by atoms with Gasteiger partial charge in [0.05, 0.1) is 23.0 Å². The van der Waals surface area contributed by atoms with E-state index < -0.39 is 0 Å². The number of ether oxygens (including phenoxy) is 2. The topological polar surface area (TPSA) is 84.8 Å². The van der Waals surface area contributed by atoms with E-state index in [1.165, 1.54) is 11.3 Å². The van der Waals surface area contributed by atoms with Crippen molar-refractivity contribution in [2.45, 2.75) is 20.8 Å². The number of rotatable bonds is 9. The summed E-state index contributed by atoms with van der Waals surface area (Å²) in [5, 5.41) is 9.74. The molecule has 0 unspecified atom stereocenters. The van der Waals surface area contributed by atoms with Crippen LogP contribution in [0.3, 0.4) is 0 Å². The number of amides is 1. The maximum absolute atomic E-state index is 12.3. The molecule has 2 aromatic carbocycles. The van der Waals surface area contributed by atoms with Crippen molar-refractivity contribution >= 4 is 50.2 Å². The molecule has 0 atom stereocenters. The smallest absolute Gasteiger partial charge is 0.262 e. The minimum atomic E-state index is -0.253. The molecule has 1 heterocycles. The zero-order chi connectivity index (χ0) is 22.2. The third-order valence-electron chi connectivity index (χ3n) is 4.09. The lowest BCUT2D eigenvalue weighted by Crippen LogP contribution is -2.21. The molecule has 0 aliphatic carbocycles. The number of hydrogen-bond donors (Lipinski definition) is 2. The lowest BCUT2D eigenvalue weighted by molar-refractivity contribution is -0.118. The number of carbonyl (C=O) groups is 1. The van der Waals surface area contributed by atoms with Crippen molar-refractivity contribution in [3.63, 3.8) is 0 Å². The van der Waals surface area contributed by atoms with Crippen LogP contribution in [-0.4, -0.2) is 30.3 Å². The van der Waals surface area contributed by atoms with Gasteiger partial charge >= 0.3 is 0 Å². The largest absolute Gasteiger partial charge is 0.490 e. The first-order valence-corrected chi connectivity index (χ1v) is 11.3. The van der Waals surface area contributed by atoms with Crippen molar-refractivity contribution in [3.05, 3.63) is 63.1 Å². The molecule has 1 aromatic heterocycles. The molecule has 0 radical (unpaired) electrons. The van der Waals surface area contributed by atoms with Crippen molar-refractivity contribution < 1.29 is 14.3 Å². The van der Waals surface area contributed by atoms with Crippen molar-refractivity contribution in [1.29, 1.82) is 0 Å². The number of hydrazone groups is 1. The van der Waals surface area contributed by atoms with Gasteiger partial charge in [-0.15, -0.1) is 11.3 Å². The highest BCUT2D eigenvalue weighted by Gasteiger charge is 2.14. The molecule has 9 heteroatoms.